The number of carbonyl (C=O) groups is 2. The Bertz CT molecular complexity index is 1270. The number of rotatable bonds is 3. The number of nitrogens with zero attached hydrogens (tertiary/aromatic N) is 5. The molecule has 2 atom stereocenters. The molecule has 0 saturated carbocycles. The first-order chi connectivity index (χ1) is 16.0. The Morgan fingerprint density at radius 3 is 2.70 bits per heavy atom. The molecule has 2 amide bonds. The Morgan fingerprint density at radius 1 is 1.15 bits per heavy atom. The first-order valence-corrected chi connectivity index (χ1v) is 11.1. The summed E-state index contributed by atoms with van der Waals surface area (Å²) >= 11 is 0. The van der Waals surface area contributed by atoms with Crippen molar-refractivity contribution in [1.82, 2.24) is 19.5 Å². The number of hydrogen-bond donors (Lipinski definition) is 1. The van der Waals surface area contributed by atoms with Crippen LogP contribution in [-0.2, 0) is 9.53 Å². The number of primary amides is 1. The number of fused-ring (bicyclic) bond motifs is 2. The normalized spacial score (nSPS) is 24.1. The summed E-state index contributed by atoms with van der Waals surface area (Å²) in [4.78, 5) is 33.3. The number of nitrogens with two attached hydrogens (primary N) is 1. The second-order valence-electron chi connectivity index (χ2n) is 8.85. The summed E-state index contributed by atoms with van der Waals surface area (Å²) < 4.78 is 22.4. The van der Waals surface area contributed by atoms with Gasteiger partial charge in [-0.1, -0.05) is 18.2 Å². The van der Waals surface area contributed by atoms with Gasteiger partial charge >= 0.3 is 0 Å². The maximum atomic E-state index is 14.5. The van der Waals surface area contributed by atoms with Crippen LogP contribution in [-0.4, -0.2) is 56.2 Å². The lowest BCUT2D eigenvalue weighted by Crippen LogP contribution is -2.50. The van der Waals surface area contributed by atoms with Gasteiger partial charge < -0.3 is 20.3 Å². The Kier molecular flexibility index (Phi) is 4.41. The van der Waals surface area contributed by atoms with E-state index < -0.39 is 11.5 Å². The number of aromatic nitrogens is 3. The van der Waals surface area contributed by atoms with Crippen LogP contribution in [0.3, 0.4) is 0 Å². The van der Waals surface area contributed by atoms with E-state index in [1.54, 1.807) is 39.7 Å². The molecule has 3 aliphatic heterocycles. The minimum atomic E-state index is -0.889. The van der Waals surface area contributed by atoms with E-state index in [0.717, 1.165) is 5.82 Å². The Labute approximate surface area is 188 Å². The van der Waals surface area contributed by atoms with Crippen molar-refractivity contribution in [3.8, 4) is 0 Å². The molecule has 3 aliphatic rings. The van der Waals surface area contributed by atoms with Gasteiger partial charge in [-0.2, -0.15) is 9.61 Å². The smallest absolute Gasteiger partial charge is 0.257 e. The largest absolute Gasteiger partial charge is 0.365 e. The maximum Gasteiger partial charge on any atom is 0.257 e. The summed E-state index contributed by atoms with van der Waals surface area (Å²) in [6.07, 6.45) is 3.48. The van der Waals surface area contributed by atoms with Crippen LogP contribution in [0.15, 0.2) is 42.7 Å². The molecule has 5 heterocycles. The van der Waals surface area contributed by atoms with Crippen LogP contribution in [0.5, 0.6) is 0 Å². The van der Waals surface area contributed by atoms with Crippen molar-refractivity contribution in [2.24, 2.45) is 5.73 Å². The Hall–Kier alpha value is -3.53. The minimum absolute atomic E-state index is 0.0483. The number of pyridine rings is 1. The lowest BCUT2D eigenvalue weighted by atomic mass is 9.89. The average Bonchev–Trinajstić information content (AvgIpc) is 3.51. The third kappa shape index (κ3) is 2.93. The SMILES string of the molecule is NC(=O)c1ccc(N2CCC3(CC2)O[C@@H]2CC[C@@H](c4ccccc4F)N2C3=O)n2ncnc12. The van der Waals surface area contributed by atoms with Gasteiger partial charge in [0.2, 0.25) is 0 Å². The highest BCUT2D eigenvalue weighted by atomic mass is 19.1. The van der Waals surface area contributed by atoms with E-state index >= 15 is 0 Å². The second kappa shape index (κ2) is 7.24. The van der Waals surface area contributed by atoms with Gasteiger partial charge in [0.15, 0.2) is 11.2 Å². The molecule has 3 fully saturated rings. The number of amides is 2. The molecule has 0 aliphatic carbocycles. The van der Waals surface area contributed by atoms with Crippen LogP contribution in [0.1, 0.15) is 47.6 Å². The van der Waals surface area contributed by atoms with Gasteiger partial charge in [0, 0.05) is 31.5 Å². The predicted molar refractivity (Wildman–Crippen MR) is 116 cm³/mol. The van der Waals surface area contributed by atoms with Crippen molar-refractivity contribution >= 4 is 23.3 Å². The summed E-state index contributed by atoms with van der Waals surface area (Å²) in [5.74, 6) is -0.125. The molecule has 0 unspecified atom stereocenters. The molecule has 9 nitrogen and oxygen atoms in total. The number of ether oxygens (including phenoxy) is 1. The van der Waals surface area contributed by atoms with E-state index in [2.05, 4.69) is 15.0 Å². The second-order valence-corrected chi connectivity index (χ2v) is 8.85. The predicted octanol–water partition coefficient (Wildman–Crippen LogP) is 2.03. The highest BCUT2D eigenvalue weighted by Gasteiger charge is 2.58. The number of benzene rings is 1. The van der Waals surface area contributed by atoms with Crippen molar-refractivity contribution in [1.29, 1.82) is 0 Å². The number of carbonyl (C=O) groups excluding carboxylic acids is 2. The van der Waals surface area contributed by atoms with Gasteiger partial charge in [0.05, 0.1) is 11.6 Å². The zero-order valence-electron chi connectivity index (χ0n) is 17.9. The van der Waals surface area contributed by atoms with E-state index in [-0.39, 0.29) is 24.0 Å². The quantitative estimate of drug-likeness (QED) is 0.655. The van der Waals surface area contributed by atoms with Crippen molar-refractivity contribution in [2.75, 3.05) is 18.0 Å². The fourth-order valence-electron chi connectivity index (χ4n) is 5.52. The molecule has 1 aromatic carbocycles. The van der Waals surface area contributed by atoms with Gasteiger partial charge in [-0.3, -0.25) is 9.59 Å². The third-order valence-corrected chi connectivity index (χ3v) is 7.15. The Balaban J connectivity index is 1.24. The number of hydrogen-bond acceptors (Lipinski definition) is 6. The van der Waals surface area contributed by atoms with Crippen molar-refractivity contribution in [2.45, 2.75) is 43.6 Å². The molecule has 2 N–H and O–H groups in total. The molecular weight excluding hydrogens is 427 g/mol. The molecule has 6 rings (SSSR count). The first-order valence-electron chi connectivity index (χ1n) is 11.1. The number of halogens is 1. The van der Waals surface area contributed by atoms with Gasteiger partial charge in [-0.15, -0.1) is 0 Å². The van der Waals surface area contributed by atoms with E-state index in [1.165, 1.54) is 12.4 Å². The van der Waals surface area contributed by atoms with Crippen LogP contribution in [0.2, 0.25) is 0 Å². The van der Waals surface area contributed by atoms with E-state index in [0.29, 0.717) is 55.5 Å². The van der Waals surface area contributed by atoms with Crippen LogP contribution >= 0.6 is 0 Å². The van der Waals surface area contributed by atoms with E-state index in [9.17, 15) is 14.0 Å². The van der Waals surface area contributed by atoms with Crippen LogP contribution in [0.25, 0.3) is 5.65 Å². The number of piperidine rings is 1. The van der Waals surface area contributed by atoms with Gasteiger partial charge in [-0.25, -0.2) is 9.37 Å². The average molecular weight is 450 g/mol. The van der Waals surface area contributed by atoms with Crippen molar-refractivity contribution in [3.63, 3.8) is 0 Å². The highest BCUT2D eigenvalue weighted by Crippen LogP contribution is 2.48. The summed E-state index contributed by atoms with van der Waals surface area (Å²) in [6, 6.07) is 9.80. The molecule has 170 valence electrons. The fourth-order valence-corrected chi connectivity index (χ4v) is 5.52. The molecule has 0 radical (unpaired) electrons. The van der Waals surface area contributed by atoms with Crippen LogP contribution in [0, 0.1) is 5.82 Å². The molecule has 33 heavy (non-hydrogen) atoms. The van der Waals surface area contributed by atoms with Crippen LogP contribution in [0.4, 0.5) is 10.2 Å². The molecule has 0 bridgehead atoms. The highest BCUT2D eigenvalue weighted by molar-refractivity contribution is 5.99. The summed E-state index contributed by atoms with van der Waals surface area (Å²) in [6.45, 7) is 1.14. The van der Waals surface area contributed by atoms with E-state index in [1.807, 2.05) is 0 Å². The third-order valence-electron chi connectivity index (χ3n) is 7.15. The molecule has 1 spiro atoms. The molecule has 3 saturated heterocycles. The molecule has 10 heteroatoms. The van der Waals surface area contributed by atoms with Gasteiger partial charge in [-0.05, 0) is 31.0 Å². The molecular formula is C23H23FN6O3. The van der Waals surface area contributed by atoms with Crippen LogP contribution < -0.4 is 10.6 Å². The monoisotopic (exact) mass is 450 g/mol. The zero-order valence-corrected chi connectivity index (χ0v) is 17.9. The summed E-state index contributed by atoms with van der Waals surface area (Å²) in [5, 5.41) is 4.25. The standard InChI is InChI=1S/C23H23FN6O3/c24-16-4-2-1-3-14(16)17-6-8-19-29(17)22(32)23(33-19)9-11-28(12-10-23)18-7-5-15(20(25)31)21-26-13-27-30(18)21/h1-5,7,13,17,19H,6,8-12H2,(H2,25,31)/t17-,19+/m0/s1. The number of anilines is 1. The maximum absolute atomic E-state index is 14.5. The topological polar surface area (TPSA) is 106 Å². The van der Waals surface area contributed by atoms with Gasteiger partial charge in [0.1, 0.15) is 24.2 Å². The lowest BCUT2D eigenvalue weighted by molar-refractivity contribution is -0.140. The first kappa shape index (κ1) is 20.1. The molecule has 2 aromatic heterocycles. The minimum Gasteiger partial charge on any atom is -0.365 e. The summed E-state index contributed by atoms with van der Waals surface area (Å²) in [7, 11) is 0. The Morgan fingerprint density at radius 2 is 1.94 bits per heavy atom. The van der Waals surface area contributed by atoms with Gasteiger partial charge in [0.25, 0.3) is 11.8 Å². The zero-order chi connectivity index (χ0) is 22.7. The summed E-state index contributed by atoms with van der Waals surface area (Å²) in [5.41, 5.74) is 5.82. The fraction of sp³-hybridized carbons (Fsp3) is 0.391. The van der Waals surface area contributed by atoms with E-state index in [4.69, 9.17) is 10.5 Å². The van der Waals surface area contributed by atoms with Crippen molar-refractivity contribution in [3.05, 3.63) is 59.7 Å². The van der Waals surface area contributed by atoms with Crippen molar-refractivity contribution < 1.29 is 18.7 Å². The lowest BCUT2D eigenvalue weighted by Gasteiger charge is -2.38. The molecule has 3 aromatic rings.